The van der Waals surface area contributed by atoms with Crippen molar-refractivity contribution in [2.45, 2.75) is 65.5 Å². The van der Waals surface area contributed by atoms with E-state index in [9.17, 15) is 9.59 Å². The highest BCUT2D eigenvalue weighted by Crippen LogP contribution is 2.53. The van der Waals surface area contributed by atoms with E-state index in [1.807, 2.05) is 6.92 Å². The van der Waals surface area contributed by atoms with E-state index in [0.29, 0.717) is 23.4 Å². The van der Waals surface area contributed by atoms with Gasteiger partial charge in [0.1, 0.15) is 5.69 Å². The maximum atomic E-state index is 13.0. The summed E-state index contributed by atoms with van der Waals surface area (Å²) in [7, 11) is 0. The number of aromatic nitrogens is 2. The van der Waals surface area contributed by atoms with Crippen molar-refractivity contribution >= 4 is 11.8 Å². The predicted molar refractivity (Wildman–Crippen MR) is 98.5 cm³/mol. The first-order chi connectivity index (χ1) is 12.3. The molecule has 3 fully saturated rings. The fraction of sp³-hybridized carbons (Fsp3) is 0.750. The summed E-state index contributed by atoms with van der Waals surface area (Å²) in [6.45, 7) is 9.32. The standard InChI is InChI=1S/C20H30N4O2/c1-11-8-13(9-11)19(26)24-7-5-6-14-16(20(3,4)17(14)24)23-18(25)15-12(2)21-10-22-15/h10-11,13-14,16-17H,5-9H2,1-4H3,(H,21,22)(H,23,25). The van der Waals surface area contributed by atoms with Crippen LogP contribution in [0.3, 0.4) is 0 Å². The van der Waals surface area contributed by atoms with Gasteiger partial charge in [-0.25, -0.2) is 4.98 Å². The summed E-state index contributed by atoms with van der Waals surface area (Å²) in [4.78, 5) is 34.9. The van der Waals surface area contributed by atoms with Crippen LogP contribution in [0.4, 0.5) is 0 Å². The highest BCUT2D eigenvalue weighted by Gasteiger charge is 2.61. The van der Waals surface area contributed by atoms with Gasteiger partial charge in [0.25, 0.3) is 5.91 Å². The molecule has 0 radical (unpaired) electrons. The Morgan fingerprint density at radius 3 is 2.69 bits per heavy atom. The van der Waals surface area contributed by atoms with Crippen LogP contribution in [0.25, 0.3) is 0 Å². The number of aromatic amines is 1. The van der Waals surface area contributed by atoms with Crippen molar-refractivity contribution in [3.8, 4) is 0 Å². The quantitative estimate of drug-likeness (QED) is 0.871. The summed E-state index contributed by atoms with van der Waals surface area (Å²) in [5.74, 6) is 1.49. The molecule has 2 aliphatic carbocycles. The number of aryl methyl sites for hydroxylation is 1. The molecule has 2 heterocycles. The molecule has 6 heteroatoms. The molecule has 4 rings (SSSR count). The van der Waals surface area contributed by atoms with Crippen LogP contribution in [0.2, 0.25) is 0 Å². The van der Waals surface area contributed by atoms with Crippen LogP contribution >= 0.6 is 0 Å². The van der Waals surface area contributed by atoms with E-state index >= 15 is 0 Å². The first-order valence-electron chi connectivity index (χ1n) is 9.92. The summed E-state index contributed by atoms with van der Waals surface area (Å²) >= 11 is 0. The predicted octanol–water partition coefficient (Wildman–Crippen LogP) is 2.51. The Morgan fingerprint density at radius 1 is 1.35 bits per heavy atom. The summed E-state index contributed by atoms with van der Waals surface area (Å²) in [6.07, 6.45) is 5.72. The lowest BCUT2D eigenvalue weighted by atomic mass is 9.52. The maximum Gasteiger partial charge on any atom is 0.271 e. The molecule has 0 aromatic carbocycles. The third-order valence-electron chi connectivity index (χ3n) is 7.01. The van der Waals surface area contributed by atoms with Crippen molar-refractivity contribution in [2.24, 2.45) is 23.2 Å². The molecule has 2 amide bonds. The van der Waals surface area contributed by atoms with Crippen molar-refractivity contribution in [1.29, 1.82) is 0 Å². The van der Waals surface area contributed by atoms with Crippen molar-refractivity contribution in [3.05, 3.63) is 17.7 Å². The van der Waals surface area contributed by atoms with Gasteiger partial charge in [-0.3, -0.25) is 9.59 Å². The Bertz CT molecular complexity index is 719. The molecule has 2 N–H and O–H groups in total. The Hall–Kier alpha value is -1.85. The number of likely N-dealkylation sites (tertiary alicyclic amines) is 1. The summed E-state index contributed by atoms with van der Waals surface area (Å²) in [5.41, 5.74) is 1.14. The molecule has 0 bridgehead atoms. The van der Waals surface area contributed by atoms with E-state index in [2.05, 4.69) is 41.0 Å². The van der Waals surface area contributed by atoms with Crippen LogP contribution in [0.5, 0.6) is 0 Å². The third-order valence-corrected chi connectivity index (χ3v) is 7.01. The highest BCUT2D eigenvalue weighted by atomic mass is 16.2. The van der Waals surface area contributed by atoms with Gasteiger partial charge in [-0.1, -0.05) is 20.8 Å². The zero-order valence-electron chi connectivity index (χ0n) is 16.2. The highest BCUT2D eigenvalue weighted by molar-refractivity contribution is 5.93. The molecule has 2 saturated carbocycles. The fourth-order valence-corrected chi connectivity index (χ4v) is 5.62. The zero-order chi connectivity index (χ0) is 18.6. The molecular weight excluding hydrogens is 328 g/mol. The first kappa shape index (κ1) is 17.6. The first-order valence-corrected chi connectivity index (χ1v) is 9.92. The molecule has 26 heavy (non-hydrogen) atoms. The van der Waals surface area contributed by atoms with Crippen LogP contribution < -0.4 is 5.32 Å². The van der Waals surface area contributed by atoms with Gasteiger partial charge >= 0.3 is 0 Å². The minimum absolute atomic E-state index is 0.0898. The number of carbonyl (C=O) groups is 2. The van der Waals surface area contributed by atoms with E-state index in [1.54, 1.807) is 6.33 Å². The van der Waals surface area contributed by atoms with Gasteiger partial charge in [0.15, 0.2) is 0 Å². The monoisotopic (exact) mass is 358 g/mol. The van der Waals surface area contributed by atoms with E-state index in [0.717, 1.165) is 37.9 Å². The second-order valence-corrected chi connectivity index (χ2v) is 9.20. The number of H-pyrrole nitrogens is 1. The van der Waals surface area contributed by atoms with Crippen molar-refractivity contribution in [2.75, 3.05) is 6.54 Å². The number of hydrogen-bond donors (Lipinski definition) is 2. The number of fused-ring (bicyclic) bond motifs is 1. The fourth-order valence-electron chi connectivity index (χ4n) is 5.62. The minimum Gasteiger partial charge on any atom is -0.348 e. The molecular formula is C20H30N4O2. The van der Waals surface area contributed by atoms with Crippen molar-refractivity contribution in [1.82, 2.24) is 20.2 Å². The Morgan fingerprint density at radius 2 is 2.08 bits per heavy atom. The minimum atomic E-state index is -0.115. The molecule has 3 aliphatic rings. The van der Waals surface area contributed by atoms with E-state index in [-0.39, 0.29) is 29.3 Å². The molecule has 1 aromatic rings. The van der Waals surface area contributed by atoms with Gasteiger partial charge < -0.3 is 15.2 Å². The molecule has 142 valence electrons. The van der Waals surface area contributed by atoms with Crippen LogP contribution in [-0.2, 0) is 4.79 Å². The number of rotatable bonds is 3. The van der Waals surface area contributed by atoms with Crippen LogP contribution in [-0.4, -0.2) is 45.3 Å². The third kappa shape index (κ3) is 2.57. The van der Waals surface area contributed by atoms with Gasteiger partial charge in [0, 0.05) is 41.6 Å². The Kier molecular flexibility index (Phi) is 4.12. The zero-order valence-corrected chi connectivity index (χ0v) is 16.2. The molecule has 3 unspecified atom stereocenters. The number of nitrogens with zero attached hydrogens (tertiary/aromatic N) is 2. The molecule has 1 aromatic heterocycles. The number of imidazole rings is 1. The topological polar surface area (TPSA) is 78.1 Å². The van der Waals surface area contributed by atoms with Gasteiger partial charge in [-0.05, 0) is 38.5 Å². The number of carbonyl (C=O) groups excluding carboxylic acids is 2. The number of nitrogens with one attached hydrogen (secondary N) is 2. The molecule has 1 aliphatic heterocycles. The normalized spacial score (nSPS) is 35.1. The number of hydrogen-bond acceptors (Lipinski definition) is 3. The Balaban J connectivity index is 1.48. The Labute approximate surface area is 155 Å². The van der Waals surface area contributed by atoms with Crippen LogP contribution in [0.1, 0.15) is 62.6 Å². The van der Waals surface area contributed by atoms with Crippen molar-refractivity contribution < 1.29 is 9.59 Å². The van der Waals surface area contributed by atoms with E-state index in [1.165, 1.54) is 0 Å². The SMILES string of the molecule is Cc1[nH]cnc1C(=O)NC1C2CCCN(C(=O)C3CC(C)C3)C2C1(C)C. The van der Waals surface area contributed by atoms with Gasteiger partial charge in [-0.2, -0.15) is 0 Å². The maximum absolute atomic E-state index is 13.0. The summed E-state index contributed by atoms with van der Waals surface area (Å²) in [6, 6.07) is 0.331. The average molecular weight is 358 g/mol. The van der Waals surface area contributed by atoms with Gasteiger partial charge in [0.05, 0.1) is 6.33 Å². The lowest BCUT2D eigenvalue weighted by Gasteiger charge is -2.64. The molecule has 1 saturated heterocycles. The smallest absolute Gasteiger partial charge is 0.271 e. The van der Waals surface area contributed by atoms with Crippen molar-refractivity contribution in [3.63, 3.8) is 0 Å². The van der Waals surface area contributed by atoms with E-state index in [4.69, 9.17) is 0 Å². The number of amides is 2. The second-order valence-electron chi connectivity index (χ2n) is 9.20. The second kappa shape index (κ2) is 6.10. The summed E-state index contributed by atoms with van der Waals surface area (Å²) in [5, 5.41) is 3.21. The lowest BCUT2D eigenvalue weighted by molar-refractivity contribution is -0.167. The lowest BCUT2D eigenvalue weighted by Crippen LogP contribution is -2.75. The van der Waals surface area contributed by atoms with Gasteiger partial charge in [-0.15, -0.1) is 0 Å². The largest absolute Gasteiger partial charge is 0.348 e. The summed E-state index contributed by atoms with van der Waals surface area (Å²) < 4.78 is 0. The molecule has 6 nitrogen and oxygen atoms in total. The van der Waals surface area contributed by atoms with Crippen LogP contribution in [0.15, 0.2) is 6.33 Å². The average Bonchev–Trinajstić information content (AvgIpc) is 3.01. The molecule has 0 spiro atoms. The number of piperidine rings is 1. The van der Waals surface area contributed by atoms with E-state index < -0.39 is 0 Å². The van der Waals surface area contributed by atoms with Gasteiger partial charge in [0.2, 0.25) is 5.91 Å². The molecule has 3 atom stereocenters. The van der Waals surface area contributed by atoms with Crippen LogP contribution in [0, 0.1) is 30.1 Å².